The van der Waals surface area contributed by atoms with Crippen LogP contribution in [0.25, 0.3) is 0 Å². The number of ether oxygens (including phenoxy) is 1. The number of aromatic nitrogens is 2. The first kappa shape index (κ1) is 9.51. The number of hydrogen-bond acceptors (Lipinski definition) is 3. The molecule has 0 fully saturated rings. The number of aromatic amines is 1. The Balaban J connectivity index is 2.65. The monoisotopic (exact) mass is 180 g/mol. The summed E-state index contributed by atoms with van der Waals surface area (Å²) in [6, 6.07) is 0. The minimum absolute atomic E-state index is 0.355. The molecule has 70 valence electrons. The topological polar surface area (TPSA) is 55.0 Å². The molecule has 0 aromatic carbocycles. The van der Waals surface area contributed by atoms with E-state index in [1.54, 1.807) is 26.8 Å². The second-order valence-electron chi connectivity index (χ2n) is 2.69. The predicted molar refractivity (Wildman–Crippen MR) is 48.4 cm³/mol. The highest BCUT2D eigenvalue weighted by atomic mass is 16.5. The van der Waals surface area contributed by atoms with Gasteiger partial charge in [-0.1, -0.05) is 6.08 Å². The molecule has 13 heavy (non-hydrogen) atoms. The van der Waals surface area contributed by atoms with Crippen LogP contribution in [0.4, 0.5) is 0 Å². The lowest BCUT2D eigenvalue weighted by Crippen LogP contribution is -2.09. The van der Waals surface area contributed by atoms with Crippen LogP contribution in [0.5, 0.6) is 5.88 Å². The molecule has 0 saturated carbocycles. The summed E-state index contributed by atoms with van der Waals surface area (Å²) >= 11 is 0. The Morgan fingerprint density at radius 1 is 1.69 bits per heavy atom. The van der Waals surface area contributed by atoms with Crippen LogP contribution < -0.4 is 4.74 Å². The molecule has 0 unspecified atom stereocenters. The quantitative estimate of drug-likeness (QED) is 0.555. The van der Waals surface area contributed by atoms with Crippen molar-refractivity contribution in [3.8, 4) is 5.88 Å². The fourth-order valence-corrected chi connectivity index (χ4v) is 0.748. The van der Waals surface area contributed by atoms with Crippen molar-refractivity contribution < 1.29 is 9.53 Å². The molecule has 4 nitrogen and oxygen atoms in total. The predicted octanol–water partition coefficient (Wildman–Crippen LogP) is 1.59. The molecule has 1 heterocycles. The van der Waals surface area contributed by atoms with Gasteiger partial charge in [0.1, 0.15) is 5.82 Å². The van der Waals surface area contributed by atoms with E-state index in [0.717, 1.165) is 5.82 Å². The van der Waals surface area contributed by atoms with Crippen molar-refractivity contribution in [2.24, 2.45) is 0 Å². The molecule has 0 bridgehead atoms. The summed E-state index contributed by atoms with van der Waals surface area (Å²) in [5.41, 5.74) is 0.576. The second kappa shape index (κ2) is 3.89. The lowest BCUT2D eigenvalue weighted by Gasteiger charge is -1.99. The molecule has 0 atom stereocenters. The number of H-pyrrole nitrogens is 1. The second-order valence-corrected chi connectivity index (χ2v) is 2.69. The van der Waals surface area contributed by atoms with Gasteiger partial charge in [-0.3, -0.25) is 0 Å². The number of aryl methyl sites for hydroxylation is 1. The molecule has 1 N–H and O–H groups in total. The zero-order chi connectivity index (χ0) is 9.84. The van der Waals surface area contributed by atoms with Gasteiger partial charge in [0.05, 0.1) is 6.20 Å². The summed E-state index contributed by atoms with van der Waals surface area (Å²) in [6.07, 6.45) is 3.18. The van der Waals surface area contributed by atoms with Gasteiger partial charge in [0.2, 0.25) is 5.88 Å². The number of allylic oxidation sites excluding steroid dienone is 1. The fraction of sp³-hybridized carbons (Fsp3) is 0.333. The first-order chi connectivity index (χ1) is 6.13. The summed E-state index contributed by atoms with van der Waals surface area (Å²) in [5.74, 6) is 0.746. The van der Waals surface area contributed by atoms with E-state index >= 15 is 0 Å². The number of carbonyl (C=O) groups is 1. The molecule has 1 aromatic rings. The number of hydrogen-bond donors (Lipinski definition) is 1. The van der Waals surface area contributed by atoms with Crippen molar-refractivity contribution >= 4 is 5.97 Å². The first-order valence-corrected chi connectivity index (χ1v) is 4.00. The van der Waals surface area contributed by atoms with Crippen LogP contribution in [-0.2, 0) is 4.79 Å². The maximum atomic E-state index is 11.2. The summed E-state index contributed by atoms with van der Waals surface area (Å²) in [4.78, 5) is 17.9. The van der Waals surface area contributed by atoms with Gasteiger partial charge in [0.15, 0.2) is 0 Å². The van der Waals surface area contributed by atoms with Crippen LogP contribution in [-0.4, -0.2) is 15.9 Å². The Morgan fingerprint density at radius 2 is 2.38 bits per heavy atom. The highest BCUT2D eigenvalue weighted by molar-refractivity contribution is 5.89. The zero-order valence-electron chi connectivity index (χ0n) is 7.92. The van der Waals surface area contributed by atoms with Crippen molar-refractivity contribution in [1.29, 1.82) is 0 Å². The minimum atomic E-state index is -0.355. The Kier molecular flexibility index (Phi) is 2.84. The summed E-state index contributed by atoms with van der Waals surface area (Å²) < 4.78 is 4.96. The van der Waals surface area contributed by atoms with Gasteiger partial charge in [0, 0.05) is 5.57 Å². The van der Waals surface area contributed by atoms with Crippen LogP contribution in [0.15, 0.2) is 17.8 Å². The third-order valence-electron chi connectivity index (χ3n) is 1.64. The van der Waals surface area contributed by atoms with Gasteiger partial charge in [-0.2, -0.15) is 0 Å². The first-order valence-electron chi connectivity index (χ1n) is 4.00. The average Bonchev–Trinajstić information content (AvgIpc) is 2.49. The summed E-state index contributed by atoms with van der Waals surface area (Å²) in [7, 11) is 0. The molecule has 0 aliphatic carbocycles. The molecule has 0 amide bonds. The summed E-state index contributed by atoms with van der Waals surface area (Å²) in [5, 5.41) is 0. The van der Waals surface area contributed by atoms with E-state index in [2.05, 4.69) is 9.97 Å². The number of carbonyl (C=O) groups excluding carboxylic acids is 1. The Bertz CT molecular complexity index is 339. The standard InChI is InChI=1S/C9H12N2O2/c1-4-6(2)9(12)13-8-5-10-7(3)11-8/h4-5H,1-3H3,(H,10,11). The molecule has 1 aromatic heterocycles. The van der Waals surface area contributed by atoms with E-state index in [1.165, 1.54) is 6.20 Å². The fourth-order valence-electron chi connectivity index (χ4n) is 0.748. The van der Waals surface area contributed by atoms with Gasteiger partial charge in [-0.25, -0.2) is 9.78 Å². The van der Waals surface area contributed by atoms with E-state index in [1.807, 2.05) is 0 Å². The van der Waals surface area contributed by atoms with E-state index in [0.29, 0.717) is 11.5 Å². The number of nitrogens with zero attached hydrogens (tertiary/aromatic N) is 1. The van der Waals surface area contributed by atoms with Crippen LogP contribution in [0.1, 0.15) is 19.7 Å². The largest absolute Gasteiger partial charge is 0.404 e. The molecular formula is C9H12N2O2. The van der Waals surface area contributed by atoms with Crippen molar-refractivity contribution in [2.75, 3.05) is 0 Å². The molecule has 0 saturated heterocycles. The number of esters is 1. The third-order valence-corrected chi connectivity index (χ3v) is 1.64. The maximum absolute atomic E-state index is 11.2. The highest BCUT2D eigenvalue weighted by Crippen LogP contribution is 2.07. The van der Waals surface area contributed by atoms with Gasteiger partial charge < -0.3 is 9.72 Å². The van der Waals surface area contributed by atoms with Gasteiger partial charge >= 0.3 is 5.97 Å². The number of imidazole rings is 1. The Hall–Kier alpha value is -1.58. The molecule has 0 aliphatic heterocycles. The molecule has 0 spiro atoms. The van der Waals surface area contributed by atoms with Crippen LogP contribution in [0, 0.1) is 6.92 Å². The SMILES string of the molecule is CC=C(C)C(=O)Oc1cnc(C)[nH]1. The van der Waals surface area contributed by atoms with Crippen molar-refractivity contribution in [1.82, 2.24) is 9.97 Å². The lowest BCUT2D eigenvalue weighted by atomic mass is 10.3. The van der Waals surface area contributed by atoms with E-state index < -0.39 is 0 Å². The molecule has 0 radical (unpaired) electrons. The highest BCUT2D eigenvalue weighted by Gasteiger charge is 2.07. The molecule has 0 aliphatic rings. The lowest BCUT2D eigenvalue weighted by molar-refractivity contribution is -0.130. The van der Waals surface area contributed by atoms with Gasteiger partial charge in [-0.15, -0.1) is 0 Å². The minimum Gasteiger partial charge on any atom is -0.404 e. The van der Waals surface area contributed by atoms with E-state index in [4.69, 9.17) is 4.74 Å². The van der Waals surface area contributed by atoms with Crippen LogP contribution in [0.3, 0.4) is 0 Å². The number of rotatable bonds is 2. The zero-order valence-corrected chi connectivity index (χ0v) is 7.92. The van der Waals surface area contributed by atoms with Gasteiger partial charge in [0.25, 0.3) is 0 Å². The van der Waals surface area contributed by atoms with E-state index in [-0.39, 0.29) is 5.97 Å². The van der Waals surface area contributed by atoms with Crippen LogP contribution >= 0.6 is 0 Å². The smallest absolute Gasteiger partial charge is 0.340 e. The molecule has 4 heteroatoms. The van der Waals surface area contributed by atoms with E-state index in [9.17, 15) is 4.79 Å². The van der Waals surface area contributed by atoms with Crippen molar-refractivity contribution in [2.45, 2.75) is 20.8 Å². The Labute approximate surface area is 76.6 Å². The van der Waals surface area contributed by atoms with Crippen molar-refractivity contribution in [3.05, 3.63) is 23.7 Å². The Morgan fingerprint density at radius 3 is 2.85 bits per heavy atom. The molecular weight excluding hydrogens is 168 g/mol. The third kappa shape index (κ3) is 2.43. The van der Waals surface area contributed by atoms with Crippen molar-refractivity contribution in [3.63, 3.8) is 0 Å². The maximum Gasteiger partial charge on any atom is 0.340 e. The van der Waals surface area contributed by atoms with Crippen LogP contribution in [0.2, 0.25) is 0 Å². The summed E-state index contributed by atoms with van der Waals surface area (Å²) in [6.45, 7) is 5.28. The van der Waals surface area contributed by atoms with Gasteiger partial charge in [-0.05, 0) is 20.8 Å². The average molecular weight is 180 g/mol. The normalized spacial score (nSPS) is 11.5. The molecule has 1 rings (SSSR count). The number of nitrogens with one attached hydrogen (secondary N) is 1.